The van der Waals surface area contributed by atoms with E-state index in [4.69, 9.17) is 16.1 Å². The van der Waals surface area contributed by atoms with Crippen molar-refractivity contribution in [3.63, 3.8) is 0 Å². The molecule has 0 radical (unpaired) electrons. The fourth-order valence-electron chi connectivity index (χ4n) is 2.97. The Balaban J connectivity index is 1.35. The number of aromatic nitrogens is 1. The zero-order chi connectivity index (χ0) is 18.1. The average molecular weight is 377 g/mol. The van der Waals surface area contributed by atoms with Crippen LogP contribution in [0.5, 0.6) is 0 Å². The van der Waals surface area contributed by atoms with Crippen molar-refractivity contribution in [3.05, 3.63) is 41.0 Å². The van der Waals surface area contributed by atoms with Crippen LogP contribution in [0.15, 0.2) is 34.9 Å². The topological polar surface area (TPSA) is 120 Å². The molecule has 0 saturated carbocycles. The summed E-state index contributed by atoms with van der Waals surface area (Å²) in [5.74, 6) is 0.0938. The Hall–Kier alpha value is -2.46. The predicted octanol–water partition coefficient (Wildman–Crippen LogP) is -0.498. The van der Waals surface area contributed by atoms with Crippen LogP contribution in [-0.2, 0) is 16.0 Å². The summed E-state index contributed by atoms with van der Waals surface area (Å²) in [6.45, 7) is 0.531. The first-order valence-corrected chi connectivity index (χ1v) is 8.50. The second kappa shape index (κ2) is 7.04. The van der Waals surface area contributed by atoms with E-state index >= 15 is 0 Å². The Morgan fingerprint density at radius 1 is 1.31 bits per heavy atom. The van der Waals surface area contributed by atoms with Crippen LogP contribution in [0.25, 0.3) is 11.3 Å². The van der Waals surface area contributed by atoms with Gasteiger partial charge in [-0.15, -0.1) is 0 Å². The molecule has 0 bridgehead atoms. The van der Waals surface area contributed by atoms with Crippen LogP contribution in [-0.4, -0.2) is 42.1 Å². The number of carbonyl (C=O) groups excluding carboxylic acids is 2. The van der Waals surface area contributed by atoms with E-state index in [0.29, 0.717) is 23.1 Å². The highest BCUT2D eigenvalue weighted by molar-refractivity contribution is 6.30. The molecule has 2 saturated heterocycles. The molecule has 9 nitrogen and oxygen atoms in total. The van der Waals surface area contributed by atoms with Crippen molar-refractivity contribution in [2.24, 2.45) is 0 Å². The predicted molar refractivity (Wildman–Crippen MR) is 92.6 cm³/mol. The van der Waals surface area contributed by atoms with Gasteiger partial charge >= 0.3 is 0 Å². The molecule has 3 unspecified atom stereocenters. The largest absolute Gasteiger partial charge is 0.356 e. The molecule has 26 heavy (non-hydrogen) atoms. The van der Waals surface area contributed by atoms with E-state index in [1.54, 1.807) is 18.2 Å². The molecular weight excluding hydrogens is 360 g/mol. The molecule has 2 amide bonds. The van der Waals surface area contributed by atoms with Crippen molar-refractivity contribution in [1.29, 1.82) is 0 Å². The number of carbonyl (C=O) groups is 2. The van der Waals surface area contributed by atoms with Gasteiger partial charge in [0.2, 0.25) is 11.8 Å². The van der Waals surface area contributed by atoms with E-state index in [0.717, 1.165) is 5.56 Å². The van der Waals surface area contributed by atoms with Crippen LogP contribution in [0.4, 0.5) is 0 Å². The van der Waals surface area contributed by atoms with Crippen molar-refractivity contribution >= 4 is 23.4 Å². The number of hydrogen-bond acceptors (Lipinski definition) is 7. The van der Waals surface area contributed by atoms with Crippen molar-refractivity contribution in [1.82, 2.24) is 31.7 Å². The zero-order valence-electron chi connectivity index (χ0n) is 13.6. The lowest BCUT2D eigenvalue weighted by molar-refractivity contribution is -0.128. The van der Waals surface area contributed by atoms with Crippen molar-refractivity contribution in [2.45, 2.75) is 24.9 Å². The molecule has 3 heterocycles. The highest BCUT2D eigenvalue weighted by atomic mass is 35.5. The number of fused-ring (bicyclic) bond motifs is 1. The minimum Gasteiger partial charge on any atom is -0.356 e. The van der Waals surface area contributed by atoms with E-state index in [1.807, 2.05) is 12.1 Å². The monoisotopic (exact) mass is 376 g/mol. The zero-order valence-corrected chi connectivity index (χ0v) is 14.3. The van der Waals surface area contributed by atoms with Gasteiger partial charge in [-0.05, 0) is 24.3 Å². The Morgan fingerprint density at radius 3 is 2.92 bits per heavy atom. The molecule has 2 aromatic rings. The Kier molecular flexibility index (Phi) is 4.60. The van der Waals surface area contributed by atoms with Crippen LogP contribution >= 0.6 is 11.6 Å². The Morgan fingerprint density at radius 2 is 2.12 bits per heavy atom. The third-order valence-electron chi connectivity index (χ3n) is 4.23. The molecule has 1 aromatic carbocycles. The summed E-state index contributed by atoms with van der Waals surface area (Å²) in [7, 11) is 0. The van der Waals surface area contributed by atoms with Crippen LogP contribution < -0.4 is 26.6 Å². The maximum atomic E-state index is 12.2. The van der Waals surface area contributed by atoms with Gasteiger partial charge in [-0.3, -0.25) is 25.5 Å². The highest BCUT2D eigenvalue weighted by Gasteiger charge is 2.39. The van der Waals surface area contributed by atoms with Crippen LogP contribution in [0.2, 0.25) is 5.02 Å². The fraction of sp³-hybridized carbons (Fsp3) is 0.312. The van der Waals surface area contributed by atoms with E-state index in [2.05, 4.69) is 31.7 Å². The van der Waals surface area contributed by atoms with Gasteiger partial charge in [0.1, 0.15) is 6.04 Å². The number of nitrogens with one attached hydrogen (secondary N) is 5. The van der Waals surface area contributed by atoms with Gasteiger partial charge in [-0.2, -0.15) is 0 Å². The molecule has 0 spiro atoms. The standard InChI is InChI=1S/C16H17ClN6O3/c17-9-3-1-8(2-4-9)11-5-10(23-26-11)6-12(24)20-16-21-14-13(15(25)22-16)18-7-19-14/h1-5,13-14,16,18-19,21H,6-7H2,(H,20,24)(H,22,25). The Labute approximate surface area is 153 Å². The Bertz CT molecular complexity index is 824. The van der Waals surface area contributed by atoms with Gasteiger partial charge < -0.3 is 15.2 Å². The minimum absolute atomic E-state index is 0.0327. The number of benzene rings is 1. The van der Waals surface area contributed by atoms with E-state index in [-0.39, 0.29) is 30.4 Å². The van der Waals surface area contributed by atoms with Gasteiger partial charge in [0.05, 0.1) is 18.3 Å². The van der Waals surface area contributed by atoms with E-state index in [1.165, 1.54) is 0 Å². The third-order valence-corrected chi connectivity index (χ3v) is 4.48. The summed E-state index contributed by atoms with van der Waals surface area (Å²) < 4.78 is 5.28. The molecule has 2 aliphatic rings. The van der Waals surface area contributed by atoms with Gasteiger partial charge in [0.25, 0.3) is 0 Å². The third kappa shape index (κ3) is 3.56. The first-order chi connectivity index (χ1) is 12.6. The average Bonchev–Trinajstić information content (AvgIpc) is 3.25. The lowest BCUT2D eigenvalue weighted by Gasteiger charge is -2.33. The van der Waals surface area contributed by atoms with Crippen LogP contribution in [0.3, 0.4) is 0 Å². The summed E-state index contributed by atoms with van der Waals surface area (Å²) in [4.78, 5) is 24.2. The van der Waals surface area contributed by atoms with Gasteiger partial charge in [0.15, 0.2) is 12.0 Å². The molecular formula is C16H17ClN6O3. The normalized spacial score (nSPS) is 24.8. The molecule has 10 heteroatoms. The summed E-state index contributed by atoms with van der Waals surface area (Å²) in [5, 5.41) is 19.2. The fourth-order valence-corrected chi connectivity index (χ4v) is 3.09. The summed E-state index contributed by atoms with van der Waals surface area (Å²) in [6, 6.07) is 8.49. The first-order valence-electron chi connectivity index (χ1n) is 8.12. The maximum Gasteiger partial charge on any atom is 0.242 e. The van der Waals surface area contributed by atoms with Crippen LogP contribution in [0.1, 0.15) is 5.69 Å². The lowest BCUT2D eigenvalue weighted by atomic mass is 10.1. The van der Waals surface area contributed by atoms with E-state index in [9.17, 15) is 9.59 Å². The molecule has 2 fully saturated rings. The quantitative estimate of drug-likeness (QED) is 0.488. The SMILES string of the molecule is O=C(Cc1cc(-c2ccc(Cl)cc2)on1)NC1NC(=O)C2NCNC2N1. The van der Waals surface area contributed by atoms with Gasteiger partial charge in [0, 0.05) is 23.3 Å². The number of hydrogen-bond donors (Lipinski definition) is 5. The number of nitrogens with zero attached hydrogens (tertiary/aromatic N) is 1. The second-order valence-corrected chi connectivity index (χ2v) is 6.52. The van der Waals surface area contributed by atoms with Gasteiger partial charge in [-0.25, -0.2) is 0 Å². The van der Waals surface area contributed by atoms with E-state index < -0.39 is 6.29 Å². The van der Waals surface area contributed by atoms with Gasteiger partial charge in [-0.1, -0.05) is 16.8 Å². The van der Waals surface area contributed by atoms with Crippen molar-refractivity contribution in [3.8, 4) is 11.3 Å². The minimum atomic E-state index is -0.647. The molecule has 4 rings (SSSR count). The number of amides is 2. The summed E-state index contributed by atoms with van der Waals surface area (Å²) >= 11 is 5.87. The molecule has 2 aliphatic heterocycles. The molecule has 0 aliphatic carbocycles. The van der Waals surface area contributed by atoms with Crippen molar-refractivity contribution in [2.75, 3.05) is 6.67 Å². The molecule has 136 valence electrons. The smallest absolute Gasteiger partial charge is 0.242 e. The number of rotatable bonds is 4. The summed E-state index contributed by atoms with van der Waals surface area (Å²) in [5.41, 5.74) is 1.31. The lowest BCUT2D eigenvalue weighted by Crippen LogP contribution is -2.71. The van der Waals surface area contributed by atoms with Crippen LogP contribution in [0, 0.1) is 0 Å². The number of halogens is 1. The molecule has 5 N–H and O–H groups in total. The second-order valence-electron chi connectivity index (χ2n) is 6.08. The molecule has 3 atom stereocenters. The summed E-state index contributed by atoms with van der Waals surface area (Å²) in [6.07, 6.45) is -0.839. The maximum absolute atomic E-state index is 12.2. The highest BCUT2D eigenvalue weighted by Crippen LogP contribution is 2.22. The molecule has 1 aromatic heterocycles. The van der Waals surface area contributed by atoms with Crippen molar-refractivity contribution < 1.29 is 14.1 Å². The first kappa shape index (κ1) is 17.0.